The second-order valence-corrected chi connectivity index (χ2v) is 6.46. The largest absolute Gasteiger partial charge is 0.548 e. The summed E-state index contributed by atoms with van der Waals surface area (Å²) in [6, 6.07) is 13.6. The van der Waals surface area contributed by atoms with Gasteiger partial charge in [-0.3, -0.25) is 4.79 Å². The Kier molecular flexibility index (Phi) is 5.09. The first-order valence-electron chi connectivity index (χ1n) is 7.80. The number of aliphatic carboxylic acids is 1. The van der Waals surface area contributed by atoms with Gasteiger partial charge in [-0.2, -0.15) is 0 Å². The Hall–Kier alpha value is -2.73. The molecule has 0 aliphatic heterocycles. The Balaban J connectivity index is 1.82. The predicted octanol–water partition coefficient (Wildman–Crippen LogP) is 1.98. The monoisotopic (exact) mass is 353 g/mol. The minimum absolute atomic E-state index is 0.152. The zero-order valence-corrected chi connectivity index (χ0v) is 14.4. The van der Waals surface area contributed by atoms with E-state index in [0.717, 1.165) is 21.4 Å². The number of carbonyl (C=O) groups is 2. The van der Waals surface area contributed by atoms with E-state index >= 15 is 0 Å². The number of H-pyrrole nitrogens is 1. The molecule has 3 rings (SSSR count). The molecule has 1 heterocycles. The van der Waals surface area contributed by atoms with E-state index in [1.165, 1.54) is 11.8 Å². The molecule has 25 heavy (non-hydrogen) atoms. The van der Waals surface area contributed by atoms with E-state index in [2.05, 4.69) is 10.3 Å². The number of amides is 1. The summed E-state index contributed by atoms with van der Waals surface area (Å²) >= 11 is 1.44. The molecule has 0 saturated carbocycles. The standard InChI is InChI=1S/C19H18N2O3S/c1-25-17-9-5-3-7-14(17)18(22)21-16(19(23)24)10-12-11-20-15-8-4-2-6-13(12)15/h2-9,11,16,20H,10H2,1H3,(H,21,22)(H,23,24)/p-1/t16-/m0/s1. The van der Waals surface area contributed by atoms with Crippen LogP contribution in [0.3, 0.4) is 0 Å². The van der Waals surface area contributed by atoms with Gasteiger partial charge in [0.25, 0.3) is 5.91 Å². The van der Waals surface area contributed by atoms with Crippen LogP contribution >= 0.6 is 11.8 Å². The summed E-state index contributed by atoms with van der Waals surface area (Å²) in [5.41, 5.74) is 2.21. The third-order valence-corrected chi connectivity index (χ3v) is 4.84. The maximum Gasteiger partial charge on any atom is 0.252 e. The van der Waals surface area contributed by atoms with Gasteiger partial charge in [-0.05, 0) is 30.0 Å². The number of nitrogens with one attached hydrogen (secondary N) is 2. The molecule has 0 bridgehead atoms. The van der Waals surface area contributed by atoms with E-state index in [0.29, 0.717) is 5.56 Å². The Morgan fingerprint density at radius 3 is 2.64 bits per heavy atom. The zero-order chi connectivity index (χ0) is 17.8. The van der Waals surface area contributed by atoms with Crippen LogP contribution in [-0.4, -0.2) is 29.2 Å². The Morgan fingerprint density at radius 2 is 1.88 bits per heavy atom. The van der Waals surface area contributed by atoms with Crippen molar-refractivity contribution in [3.8, 4) is 0 Å². The molecule has 2 aromatic carbocycles. The number of hydrogen-bond donors (Lipinski definition) is 2. The van der Waals surface area contributed by atoms with Crippen LogP contribution in [0.2, 0.25) is 0 Å². The van der Waals surface area contributed by atoms with Gasteiger partial charge in [0.15, 0.2) is 0 Å². The molecule has 0 aliphatic carbocycles. The van der Waals surface area contributed by atoms with Gasteiger partial charge >= 0.3 is 0 Å². The molecule has 0 aliphatic rings. The topological polar surface area (TPSA) is 85.0 Å². The molecule has 0 unspecified atom stereocenters. The van der Waals surface area contributed by atoms with Crippen molar-refractivity contribution in [2.75, 3.05) is 6.26 Å². The quantitative estimate of drug-likeness (QED) is 0.664. The molecule has 0 spiro atoms. The highest BCUT2D eigenvalue weighted by Crippen LogP contribution is 2.21. The average molecular weight is 353 g/mol. The van der Waals surface area contributed by atoms with Crippen molar-refractivity contribution in [3.63, 3.8) is 0 Å². The summed E-state index contributed by atoms with van der Waals surface area (Å²) in [5.74, 6) is -1.72. The molecule has 2 N–H and O–H groups in total. The van der Waals surface area contributed by atoms with Crippen LogP contribution in [0, 0.1) is 0 Å². The van der Waals surface area contributed by atoms with Crippen LogP contribution in [0.4, 0.5) is 0 Å². The lowest BCUT2D eigenvalue weighted by Crippen LogP contribution is -2.49. The van der Waals surface area contributed by atoms with Crippen molar-refractivity contribution in [3.05, 3.63) is 65.9 Å². The van der Waals surface area contributed by atoms with Gasteiger partial charge in [0.1, 0.15) is 0 Å². The van der Waals surface area contributed by atoms with Gasteiger partial charge in [-0.15, -0.1) is 11.8 Å². The van der Waals surface area contributed by atoms with Gasteiger partial charge in [-0.1, -0.05) is 30.3 Å². The second-order valence-electron chi connectivity index (χ2n) is 5.61. The third-order valence-electron chi connectivity index (χ3n) is 4.04. The van der Waals surface area contributed by atoms with Gasteiger partial charge in [0.2, 0.25) is 0 Å². The SMILES string of the molecule is CSc1ccccc1C(=O)N[C@@H](Cc1c[nH]c2ccccc12)C(=O)[O-]. The van der Waals surface area contributed by atoms with Gasteiger partial charge < -0.3 is 20.2 Å². The molecule has 3 aromatic rings. The number of thioether (sulfide) groups is 1. The van der Waals surface area contributed by atoms with E-state index in [1.54, 1.807) is 18.3 Å². The Labute approximate surface area is 149 Å². The van der Waals surface area contributed by atoms with E-state index < -0.39 is 17.9 Å². The molecule has 6 heteroatoms. The number of aromatic nitrogens is 1. The maximum absolute atomic E-state index is 12.5. The van der Waals surface area contributed by atoms with Crippen LogP contribution < -0.4 is 10.4 Å². The number of fused-ring (bicyclic) bond motifs is 1. The molecule has 1 aromatic heterocycles. The molecule has 1 atom stereocenters. The van der Waals surface area contributed by atoms with E-state index in [-0.39, 0.29) is 6.42 Å². The number of para-hydroxylation sites is 1. The summed E-state index contributed by atoms with van der Waals surface area (Å²) in [6.45, 7) is 0. The lowest BCUT2D eigenvalue weighted by Gasteiger charge is -2.20. The molecule has 5 nitrogen and oxygen atoms in total. The average Bonchev–Trinajstić information content (AvgIpc) is 3.04. The summed E-state index contributed by atoms with van der Waals surface area (Å²) < 4.78 is 0. The van der Waals surface area contributed by atoms with E-state index in [1.807, 2.05) is 42.7 Å². The summed E-state index contributed by atoms with van der Waals surface area (Å²) in [7, 11) is 0. The third kappa shape index (κ3) is 3.69. The number of carboxylic acids is 1. The van der Waals surface area contributed by atoms with Crippen molar-refractivity contribution in [2.24, 2.45) is 0 Å². The number of hydrogen-bond acceptors (Lipinski definition) is 4. The minimum Gasteiger partial charge on any atom is -0.548 e. The normalized spacial score (nSPS) is 12.0. The lowest BCUT2D eigenvalue weighted by molar-refractivity contribution is -0.308. The van der Waals surface area contributed by atoms with Gasteiger partial charge in [-0.25, -0.2) is 0 Å². The highest BCUT2D eigenvalue weighted by atomic mass is 32.2. The number of carbonyl (C=O) groups excluding carboxylic acids is 2. The summed E-state index contributed by atoms with van der Waals surface area (Å²) in [5, 5.41) is 15.1. The van der Waals surface area contributed by atoms with E-state index in [9.17, 15) is 14.7 Å². The molecule has 0 fully saturated rings. The minimum atomic E-state index is -1.31. The lowest BCUT2D eigenvalue weighted by atomic mass is 10.0. The molecule has 0 saturated heterocycles. The van der Waals surface area contributed by atoms with Gasteiger partial charge in [0.05, 0.1) is 17.6 Å². The Bertz CT molecular complexity index is 920. The van der Waals surface area contributed by atoms with E-state index in [4.69, 9.17) is 0 Å². The number of benzene rings is 2. The first-order valence-corrected chi connectivity index (χ1v) is 9.02. The maximum atomic E-state index is 12.5. The fraction of sp³-hybridized carbons (Fsp3) is 0.158. The van der Waals surface area contributed by atoms with Crippen LogP contribution in [0.15, 0.2) is 59.6 Å². The number of carboxylic acid groups (broad SMARTS) is 1. The highest BCUT2D eigenvalue weighted by Gasteiger charge is 2.18. The summed E-state index contributed by atoms with van der Waals surface area (Å²) in [4.78, 5) is 28.0. The van der Waals surface area contributed by atoms with Crippen LogP contribution in [0.1, 0.15) is 15.9 Å². The second kappa shape index (κ2) is 7.44. The smallest absolute Gasteiger partial charge is 0.252 e. The predicted molar refractivity (Wildman–Crippen MR) is 96.5 cm³/mol. The van der Waals surface area contributed by atoms with Crippen molar-refractivity contribution in [1.29, 1.82) is 0 Å². The van der Waals surface area contributed by atoms with Crippen LogP contribution in [-0.2, 0) is 11.2 Å². The zero-order valence-electron chi connectivity index (χ0n) is 13.6. The molecule has 1 amide bonds. The number of rotatable bonds is 6. The molecular formula is C19H17N2O3S-. The first-order chi connectivity index (χ1) is 12.1. The first kappa shape index (κ1) is 17.1. The molecule has 128 valence electrons. The fourth-order valence-electron chi connectivity index (χ4n) is 2.78. The molecule has 0 radical (unpaired) electrons. The highest BCUT2D eigenvalue weighted by molar-refractivity contribution is 7.98. The fourth-order valence-corrected chi connectivity index (χ4v) is 3.38. The van der Waals surface area contributed by atoms with Crippen molar-refractivity contribution in [1.82, 2.24) is 10.3 Å². The van der Waals surface area contributed by atoms with Crippen molar-refractivity contribution in [2.45, 2.75) is 17.4 Å². The van der Waals surface area contributed by atoms with Crippen LogP contribution in [0.25, 0.3) is 10.9 Å². The number of aromatic amines is 1. The summed E-state index contributed by atoms with van der Waals surface area (Å²) in [6.07, 6.45) is 3.79. The van der Waals surface area contributed by atoms with Crippen LogP contribution in [0.5, 0.6) is 0 Å². The molecular weight excluding hydrogens is 336 g/mol. The van der Waals surface area contributed by atoms with Crippen molar-refractivity contribution >= 4 is 34.5 Å². The van der Waals surface area contributed by atoms with Crippen molar-refractivity contribution < 1.29 is 14.7 Å². The Morgan fingerprint density at radius 1 is 1.16 bits per heavy atom. The van der Waals surface area contributed by atoms with Gasteiger partial charge in [0, 0.05) is 28.4 Å².